The fourth-order valence-corrected chi connectivity index (χ4v) is 1.61. The topological polar surface area (TPSA) is 26.3 Å². The third-order valence-electron chi connectivity index (χ3n) is 1.95. The van der Waals surface area contributed by atoms with Crippen LogP contribution in [0.5, 0.6) is 0 Å². The van der Waals surface area contributed by atoms with Crippen molar-refractivity contribution in [3.05, 3.63) is 33.8 Å². The minimum Gasteiger partial charge on any atom is -0.466 e. The van der Waals surface area contributed by atoms with Crippen molar-refractivity contribution in [1.29, 1.82) is 0 Å². The third-order valence-corrected chi connectivity index (χ3v) is 2.44. The molecule has 14 heavy (non-hydrogen) atoms. The summed E-state index contributed by atoms with van der Waals surface area (Å²) in [5.74, 6) is -0.172. The summed E-state index contributed by atoms with van der Waals surface area (Å²) in [6, 6.07) is 5.90. The number of esters is 1. The molecule has 0 aromatic heterocycles. The Morgan fingerprint density at radius 1 is 1.50 bits per heavy atom. The lowest BCUT2D eigenvalue weighted by Crippen LogP contribution is -2.08. The maximum absolute atomic E-state index is 11.2. The molecule has 0 aliphatic rings. The van der Waals surface area contributed by atoms with Crippen molar-refractivity contribution in [2.24, 2.45) is 0 Å². The number of carbonyl (C=O) groups is 1. The van der Waals surface area contributed by atoms with Crippen LogP contribution in [0, 0.1) is 6.92 Å². The fourth-order valence-electron chi connectivity index (χ4n) is 1.20. The van der Waals surface area contributed by atoms with Crippen LogP contribution in [0.1, 0.15) is 18.1 Å². The molecule has 0 spiro atoms. The largest absolute Gasteiger partial charge is 0.466 e. The number of benzene rings is 1. The zero-order valence-corrected chi connectivity index (χ0v) is 9.93. The van der Waals surface area contributed by atoms with Gasteiger partial charge in [0, 0.05) is 4.47 Å². The highest BCUT2D eigenvalue weighted by Gasteiger charge is 2.06. The van der Waals surface area contributed by atoms with Crippen molar-refractivity contribution < 1.29 is 9.53 Å². The molecule has 0 radical (unpaired) electrons. The van der Waals surface area contributed by atoms with Crippen LogP contribution in [-0.4, -0.2) is 12.6 Å². The van der Waals surface area contributed by atoms with Crippen LogP contribution in [0.15, 0.2) is 22.7 Å². The molecule has 1 aromatic rings. The van der Waals surface area contributed by atoms with E-state index >= 15 is 0 Å². The molecule has 1 aromatic carbocycles. The second-order valence-electron chi connectivity index (χ2n) is 3.05. The van der Waals surface area contributed by atoms with Gasteiger partial charge in [-0.25, -0.2) is 0 Å². The van der Waals surface area contributed by atoms with Crippen molar-refractivity contribution in [1.82, 2.24) is 0 Å². The monoisotopic (exact) mass is 256 g/mol. The highest BCUT2D eigenvalue weighted by atomic mass is 79.9. The van der Waals surface area contributed by atoms with E-state index in [1.807, 2.05) is 32.0 Å². The molecule has 0 saturated carbocycles. The summed E-state index contributed by atoms with van der Waals surface area (Å²) in [6.07, 6.45) is 0.346. The standard InChI is InChI=1S/C11H13BrO2/c1-3-14-11(13)7-9-6-10(12)5-4-8(9)2/h4-6H,3,7H2,1-2H3. The Hall–Kier alpha value is -0.830. The maximum atomic E-state index is 11.2. The first kappa shape index (κ1) is 11.2. The number of aryl methyl sites for hydroxylation is 1. The SMILES string of the molecule is CCOC(=O)Cc1cc(Br)ccc1C. The first-order valence-corrected chi connectivity index (χ1v) is 5.33. The second kappa shape index (κ2) is 5.15. The summed E-state index contributed by atoms with van der Waals surface area (Å²) in [6.45, 7) is 4.23. The molecule has 0 amide bonds. The van der Waals surface area contributed by atoms with E-state index in [1.165, 1.54) is 0 Å². The Morgan fingerprint density at radius 2 is 2.21 bits per heavy atom. The molecule has 1 rings (SSSR count). The first-order chi connectivity index (χ1) is 6.63. The summed E-state index contributed by atoms with van der Waals surface area (Å²) in [5.41, 5.74) is 2.12. The van der Waals surface area contributed by atoms with Crippen LogP contribution in [-0.2, 0) is 16.0 Å². The number of hydrogen-bond acceptors (Lipinski definition) is 2. The number of hydrogen-bond donors (Lipinski definition) is 0. The second-order valence-corrected chi connectivity index (χ2v) is 3.97. The van der Waals surface area contributed by atoms with Gasteiger partial charge in [0.1, 0.15) is 0 Å². The number of rotatable bonds is 3. The average molecular weight is 257 g/mol. The number of carbonyl (C=O) groups excluding carboxylic acids is 1. The zero-order chi connectivity index (χ0) is 10.6. The van der Waals surface area contributed by atoms with Gasteiger partial charge in [-0.3, -0.25) is 4.79 Å². The van der Waals surface area contributed by atoms with Gasteiger partial charge in [-0.05, 0) is 37.1 Å². The summed E-state index contributed by atoms with van der Waals surface area (Å²) < 4.78 is 5.87. The molecule has 0 atom stereocenters. The highest BCUT2D eigenvalue weighted by molar-refractivity contribution is 9.10. The molecule has 0 bridgehead atoms. The van der Waals surface area contributed by atoms with Crippen LogP contribution in [0.4, 0.5) is 0 Å². The van der Waals surface area contributed by atoms with E-state index in [4.69, 9.17) is 4.74 Å². The lowest BCUT2D eigenvalue weighted by atomic mass is 10.1. The molecular formula is C11H13BrO2. The Morgan fingerprint density at radius 3 is 2.86 bits per heavy atom. The van der Waals surface area contributed by atoms with Gasteiger partial charge >= 0.3 is 5.97 Å². The van der Waals surface area contributed by atoms with Gasteiger partial charge in [0.15, 0.2) is 0 Å². The highest BCUT2D eigenvalue weighted by Crippen LogP contribution is 2.16. The lowest BCUT2D eigenvalue weighted by Gasteiger charge is -2.05. The Kier molecular flexibility index (Phi) is 4.14. The number of ether oxygens (including phenoxy) is 1. The van der Waals surface area contributed by atoms with Crippen LogP contribution < -0.4 is 0 Å². The summed E-state index contributed by atoms with van der Waals surface area (Å²) in [4.78, 5) is 11.2. The predicted octanol–water partition coefficient (Wildman–Crippen LogP) is 2.86. The fraction of sp³-hybridized carbons (Fsp3) is 0.364. The molecule has 0 aliphatic carbocycles. The normalized spacial score (nSPS) is 9.93. The van der Waals surface area contributed by atoms with Gasteiger partial charge in [-0.15, -0.1) is 0 Å². The quantitative estimate of drug-likeness (QED) is 0.778. The van der Waals surface area contributed by atoms with E-state index in [1.54, 1.807) is 0 Å². The van der Waals surface area contributed by atoms with Crippen LogP contribution in [0.25, 0.3) is 0 Å². The molecule has 0 N–H and O–H groups in total. The zero-order valence-electron chi connectivity index (χ0n) is 8.34. The lowest BCUT2D eigenvalue weighted by molar-refractivity contribution is -0.142. The average Bonchev–Trinajstić information content (AvgIpc) is 2.12. The van der Waals surface area contributed by atoms with Gasteiger partial charge < -0.3 is 4.74 Å². The van der Waals surface area contributed by atoms with Gasteiger partial charge in [-0.2, -0.15) is 0 Å². The molecule has 0 unspecified atom stereocenters. The minimum atomic E-state index is -0.172. The Balaban J connectivity index is 2.75. The molecule has 2 nitrogen and oxygen atoms in total. The molecule has 3 heteroatoms. The van der Waals surface area contributed by atoms with E-state index in [9.17, 15) is 4.79 Å². The van der Waals surface area contributed by atoms with Gasteiger partial charge in [-0.1, -0.05) is 22.0 Å². The summed E-state index contributed by atoms with van der Waals surface area (Å²) >= 11 is 3.37. The van der Waals surface area contributed by atoms with Gasteiger partial charge in [0.05, 0.1) is 13.0 Å². The Bertz CT molecular complexity index is 334. The predicted molar refractivity (Wildman–Crippen MR) is 59.2 cm³/mol. The van der Waals surface area contributed by atoms with Gasteiger partial charge in [0.25, 0.3) is 0 Å². The molecule has 76 valence electrons. The maximum Gasteiger partial charge on any atom is 0.310 e. The molecule has 0 fully saturated rings. The minimum absolute atomic E-state index is 0.172. The van der Waals surface area contributed by atoms with E-state index in [-0.39, 0.29) is 5.97 Å². The first-order valence-electron chi connectivity index (χ1n) is 4.54. The van der Waals surface area contributed by atoms with Crippen molar-refractivity contribution in [3.63, 3.8) is 0 Å². The molecular weight excluding hydrogens is 244 g/mol. The van der Waals surface area contributed by atoms with Crippen molar-refractivity contribution in [2.75, 3.05) is 6.61 Å². The molecule has 0 saturated heterocycles. The number of halogens is 1. The van der Waals surface area contributed by atoms with Crippen molar-refractivity contribution in [2.45, 2.75) is 20.3 Å². The van der Waals surface area contributed by atoms with Crippen LogP contribution in [0.3, 0.4) is 0 Å². The van der Waals surface area contributed by atoms with Gasteiger partial charge in [0.2, 0.25) is 0 Å². The molecule has 0 heterocycles. The van der Waals surface area contributed by atoms with Crippen LogP contribution in [0.2, 0.25) is 0 Å². The van der Waals surface area contributed by atoms with Crippen LogP contribution >= 0.6 is 15.9 Å². The van der Waals surface area contributed by atoms with E-state index < -0.39 is 0 Å². The van der Waals surface area contributed by atoms with Crippen molar-refractivity contribution in [3.8, 4) is 0 Å². The summed E-state index contributed by atoms with van der Waals surface area (Å²) in [7, 11) is 0. The molecule has 0 aliphatic heterocycles. The third kappa shape index (κ3) is 3.14. The van der Waals surface area contributed by atoms with Crippen molar-refractivity contribution >= 4 is 21.9 Å². The Labute approximate surface area is 92.4 Å². The van der Waals surface area contributed by atoms with E-state index in [0.717, 1.165) is 15.6 Å². The smallest absolute Gasteiger partial charge is 0.310 e. The summed E-state index contributed by atoms with van der Waals surface area (Å²) in [5, 5.41) is 0. The van der Waals surface area contributed by atoms with E-state index in [2.05, 4.69) is 15.9 Å². The van der Waals surface area contributed by atoms with E-state index in [0.29, 0.717) is 13.0 Å².